The molecule has 45 heavy (non-hydrogen) atoms. The minimum Gasteiger partial charge on any atom is -0.455 e. The van der Waals surface area contributed by atoms with E-state index in [1.807, 2.05) is 30.3 Å². The Labute approximate surface area is 258 Å². The van der Waals surface area contributed by atoms with Crippen molar-refractivity contribution in [1.29, 1.82) is 0 Å². The highest BCUT2D eigenvalue weighted by Gasteiger charge is 2.25. The smallest absolute Gasteiger partial charge is 0.167 e. The summed E-state index contributed by atoms with van der Waals surface area (Å²) in [6.07, 6.45) is 0. The molecule has 10 rings (SSSR count). The summed E-state index contributed by atoms with van der Waals surface area (Å²) < 4.78 is 6.79. The van der Waals surface area contributed by atoms with Crippen LogP contribution in [0.15, 0.2) is 140 Å². The van der Waals surface area contributed by atoms with Crippen molar-refractivity contribution in [3.8, 4) is 45.7 Å². The lowest BCUT2D eigenvalue weighted by molar-refractivity contribution is 0.494. The van der Waals surface area contributed by atoms with Crippen LogP contribution < -0.4 is 4.74 Å². The second-order valence-electron chi connectivity index (χ2n) is 11.6. The van der Waals surface area contributed by atoms with Crippen LogP contribution in [0, 0.1) is 0 Å². The first-order chi connectivity index (χ1) is 22.3. The molecule has 0 fully saturated rings. The maximum Gasteiger partial charge on any atom is 0.167 e. The minimum absolute atomic E-state index is 0.580. The maximum absolute atomic E-state index is 6.79. The number of fused-ring (bicyclic) bond motifs is 3. The third kappa shape index (κ3) is 3.57. The van der Waals surface area contributed by atoms with E-state index in [0.717, 1.165) is 55.1 Å². The van der Waals surface area contributed by atoms with Crippen LogP contribution in [0.4, 0.5) is 0 Å². The Morgan fingerprint density at radius 2 is 0.978 bits per heavy atom. The summed E-state index contributed by atoms with van der Waals surface area (Å²) in [6.45, 7) is 0. The highest BCUT2D eigenvalue weighted by atomic mass is 16.5. The number of aromatic nitrogens is 3. The molecule has 1 aliphatic heterocycles. The Morgan fingerprint density at radius 3 is 1.80 bits per heavy atom. The van der Waals surface area contributed by atoms with E-state index in [1.54, 1.807) is 0 Å². The zero-order valence-electron chi connectivity index (χ0n) is 24.0. The van der Waals surface area contributed by atoms with Crippen LogP contribution in [0.3, 0.4) is 0 Å². The standard InChI is InChI=1S/C41H23N3O/c1-2-9-27(10-3-1)39-42-40(44-41(43-39)33-23-28-11-4-5-13-29(28)30-14-6-7-15-31(30)33)32-22-21-26-20-19-25-18-17-24-12-8-16-34-35(24)36(25)37(26)38(32)45-34/h1-23H. The van der Waals surface area contributed by atoms with E-state index >= 15 is 0 Å². The summed E-state index contributed by atoms with van der Waals surface area (Å²) in [6, 6.07) is 48.5. The zero-order chi connectivity index (χ0) is 29.5. The predicted molar refractivity (Wildman–Crippen MR) is 184 cm³/mol. The molecule has 0 saturated carbocycles. The molecular weight excluding hydrogens is 550 g/mol. The quantitative estimate of drug-likeness (QED) is 0.197. The minimum atomic E-state index is 0.580. The molecule has 9 aromatic rings. The zero-order valence-corrected chi connectivity index (χ0v) is 24.0. The van der Waals surface area contributed by atoms with E-state index < -0.39 is 0 Å². The number of benzene rings is 8. The fourth-order valence-electron chi connectivity index (χ4n) is 6.99. The first kappa shape index (κ1) is 24.3. The molecule has 0 spiro atoms. The molecule has 0 unspecified atom stereocenters. The number of hydrogen-bond acceptors (Lipinski definition) is 4. The highest BCUT2D eigenvalue weighted by molar-refractivity contribution is 6.26. The molecule has 0 amide bonds. The van der Waals surface area contributed by atoms with E-state index in [4.69, 9.17) is 19.7 Å². The van der Waals surface area contributed by atoms with Crippen molar-refractivity contribution in [2.24, 2.45) is 0 Å². The van der Waals surface area contributed by atoms with Gasteiger partial charge in [-0.3, -0.25) is 0 Å². The lowest BCUT2D eigenvalue weighted by Crippen LogP contribution is -2.03. The lowest BCUT2D eigenvalue weighted by atomic mass is 9.92. The molecule has 4 nitrogen and oxygen atoms in total. The normalized spacial score (nSPS) is 12.2. The summed E-state index contributed by atoms with van der Waals surface area (Å²) in [7, 11) is 0. The summed E-state index contributed by atoms with van der Waals surface area (Å²) in [5.41, 5.74) is 2.74. The number of nitrogens with zero attached hydrogens (tertiary/aromatic N) is 3. The monoisotopic (exact) mass is 573 g/mol. The van der Waals surface area contributed by atoms with Crippen LogP contribution in [0.25, 0.3) is 88.0 Å². The molecular formula is C41H23N3O. The molecule has 0 saturated heterocycles. The van der Waals surface area contributed by atoms with Crippen molar-refractivity contribution in [1.82, 2.24) is 15.0 Å². The summed E-state index contributed by atoms with van der Waals surface area (Å²) in [4.78, 5) is 15.4. The van der Waals surface area contributed by atoms with Crippen LogP contribution in [-0.2, 0) is 0 Å². The van der Waals surface area contributed by atoms with Gasteiger partial charge in [0, 0.05) is 27.3 Å². The first-order valence-corrected chi connectivity index (χ1v) is 15.1. The van der Waals surface area contributed by atoms with E-state index in [-0.39, 0.29) is 0 Å². The second kappa shape index (κ2) is 9.18. The van der Waals surface area contributed by atoms with Crippen molar-refractivity contribution in [2.75, 3.05) is 0 Å². The van der Waals surface area contributed by atoms with Crippen molar-refractivity contribution < 1.29 is 4.74 Å². The van der Waals surface area contributed by atoms with Crippen LogP contribution in [0.5, 0.6) is 11.5 Å². The van der Waals surface area contributed by atoms with Crippen LogP contribution in [0.2, 0.25) is 0 Å². The maximum atomic E-state index is 6.79. The fourth-order valence-corrected chi connectivity index (χ4v) is 6.99. The van der Waals surface area contributed by atoms with Crippen molar-refractivity contribution in [3.05, 3.63) is 140 Å². The SMILES string of the molecule is c1ccc(-c2nc(-c3ccc4ccc5ccc6cccc7c6c5c4c3O7)nc(-c3cc4ccccc4c4ccccc34)n2)cc1. The summed E-state index contributed by atoms with van der Waals surface area (Å²) in [5, 5.41) is 11.6. The van der Waals surface area contributed by atoms with Gasteiger partial charge in [-0.2, -0.15) is 0 Å². The van der Waals surface area contributed by atoms with Gasteiger partial charge in [-0.05, 0) is 55.9 Å². The van der Waals surface area contributed by atoms with E-state index in [1.165, 1.54) is 26.9 Å². The molecule has 2 heterocycles. The highest BCUT2D eigenvalue weighted by Crippen LogP contribution is 2.50. The van der Waals surface area contributed by atoms with Gasteiger partial charge in [-0.1, -0.05) is 121 Å². The van der Waals surface area contributed by atoms with Crippen LogP contribution in [-0.4, -0.2) is 15.0 Å². The molecule has 1 aliphatic rings. The molecule has 0 radical (unpaired) electrons. The Bertz CT molecular complexity index is 2680. The molecule has 208 valence electrons. The van der Waals surface area contributed by atoms with Gasteiger partial charge >= 0.3 is 0 Å². The van der Waals surface area contributed by atoms with Gasteiger partial charge in [0.2, 0.25) is 0 Å². The number of rotatable bonds is 3. The van der Waals surface area contributed by atoms with Gasteiger partial charge in [0.05, 0.1) is 5.56 Å². The van der Waals surface area contributed by atoms with E-state index in [0.29, 0.717) is 17.5 Å². The average Bonchev–Trinajstić information content (AvgIpc) is 3.11. The topological polar surface area (TPSA) is 47.9 Å². The van der Waals surface area contributed by atoms with E-state index in [9.17, 15) is 0 Å². The Balaban J connectivity index is 1.30. The lowest BCUT2D eigenvalue weighted by Gasteiger charge is -2.22. The van der Waals surface area contributed by atoms with Crippen LogP contribution >= 0.6 is 0 Å². The van der Waals surface area contributed by atoms with Crippen molar-refractivity contribution >= 4 is 53.9 Å². The summed E-state index contributed by atoms with van der Waals surface area (Å²) in [5.74, 6) is 3.46. The molecule has 8 aromatic carbocycles. The van der Waals surface area contributed by atoms with Crippen molar-refractivity contribution in [2.45, 2.75) is 0 Å². The molecule has 0 aliphatic carbocycles. The van der Waals surface area contributed by atoms with Gasteiger partial charge in [-0.15, -0.1) is 0 Å². The number of hydrogen-bond donors (Lipinski definition) is 0. The molecule has 1 aromatic heterocycles. The van der Waals surface area contributed by atoms with E-state index in [2.05, 4.69) is 109 Å². The molecule has 0 atom stereocenters. The van der Waals surface area contributed by atoms with Gasteiger partial charge in [0.25, 0.3) is 0 Å². The van der Waals surface area contributed by atoms with Gasteiger partial charge in [0.1, 0.15) is 11.5 Å². The largest absolute Gasteiger partial charge is 0.455 e. The molecule has 0 bridgehead atoms. The molecule has 0 N–H and O–H groups in total. The molecule has 4 heteroatoms. The van der Waals surface area contributed by atoms with Crippen molar-refractivity contribution in [3.63, 3.8) is 0 Å². The summed E-state index contributed by atoms with van der Waals surface area (Å²) >= 11 is 0. The van der Waals surface area contributed by atoms with Gasteiger partial charge < -0.3 is 4.74 Å². The number of ether oxygens (including phenoxy) is 1. The second-order valence-corrected chi connectivity index (χ2v) is 11.6. The van der Waals surface area contributed by atoms with Crippen LogP contribution in [0.1, 0.15) is 0 Å². The predicted octanol–water partition coefficient (Wildman–Crippen LogP) is 10.7. The Hall–Kier alpha value is -6.13. The Morgan fingerprint density at radius 1 is 0.378 bits per heavy atom. The average molecular weight is 574 g/mol. The fraction of sp³-hybridized carbons (Fsp3) is 0. The Kier molecular flexibility index (Phi) is 4.96. The van der Waals surface area contributed by atoms with Gasteiger partial charge in [-0.25, -0.2) is 15.0 Å². The van der Waals surface area contributed by atoms with Gasteiger partial charge in [0.15, 0.2) is 17.5 Å². The third-order valence-corrected chi connectivity index (χ3v) is 9.05. The first-order valence-electron chi connectivity index (χ1n) is 15.1. The third-order valence-electron chi connectivity index (χ3n) is 9.05.